The molecule has 1 unspecified atom stereocenters. The summed E-state index contributed by atoms with van der Waals surface area (Å²) in [6.07, 6.45) is 2.74. The van der Waals surface area contributed by atoms with E-state index in [4.69, 9.17) is 16.9 Å². The third-order valence-electron chi connectivity index (χ3n) is 6.72. The van der Waals surface area contributed by atoms with Gasteiger partial charge in [-0.1, -0.05) is 38.4 Å². The van der Waals surface area contributed by atoms with Gasteiger partial charge in [0.15, 0.2) is 0 Å². The van der Waals surface area contributed by atoms with Gasteiger partial charge in [-0.3, -0.25) is 24.0 Å². The van der Waals surface area contributed by atoms with Crippen molar-refractivity contribution in [3.8, 4) is 6.07 Å². The van der Waals surface area contributed by atoms with Crippen LogP contribution >= 0.6 is 11.6 Å². The van der Waals surface area contributed by atoms with Crippen molar-refractivity contribution in [2.24, 2.45) is 11.3 Å². The third kappa shape index (κ3) is 9.36. The average molecular weight is 558 g/mol. The van der Waals surface area contributed by atoms with Crippen LogP contribution < -0.4 is 21.3 Å². The Balaban J connectivity index is 1.69. The van der Waals surface area contributed by atoms with Crippen molar-refractivity contribution in [2.45, 2.75) is 83.8 Å². The van der Waals surface area contributed by atoms with Gasteiger partial charge in [-0.25, -0.2) is 0 Å². The fraction of sp³-hybridized carbons (Fsp3) is 0.571. The van der Waals surface area contributed by atoms with Crippen molar-refractivity contribution in [1.29, 1.82) is 5.26 Å². The predicted octanol–water partition coefficient (Wildman–Crippen LogP) is 1.92. The molecule has 0 bridgehead atoms. The number of carbonyl (C=O) groups excluding carboxylic acids is 5. The number of benzene rings is 1. The highest BCUT2D eigenvalue weighted by molar-refractivity contribution is 6.38. The SMILES string of the molecule is CC(C)(C)C[C@H](NC(=O)CCc1ccc(C#N)cc1Cl)C(=O)NC(C[C@@H]1CCNC1=O)C(=O)C(=O)NC1CC1. The van der Waals surface area contributed by atoms with E-state index in [0.29, 0.717) is 35.5 Å². The third-order valence-corrected chi connectivity index (χ3v) is 7.08. The molecular formula is C28H36ClN5O5. The van der Waals surface area contributed by atoms with E-state index >= 15 is 0 Å². The molecule has 1 aliphatic heterocycles. The number of aryl methyl sites for hydroxylation is 1. The van der Waals surface area contributed by atoms with E-state index in [2.05, 4.69) is 21.3 Å². The number of halogens is 1. The van der Waals surface area contributed by atoms with Gasteiger partial charge in [-0.15, -0.1) is 0 Å². The molecule has 210 valence electrons. The van der Waals surface area contributed by atoms with Gasteiger partial charge in [0.2, 0.25) is 23.5 Å². The summed E-state index contributed by atoms with van der Waals surface area (Å²) in [5.74, 6) is -3.27. The molecule has 0 aromatic heterocycles. The Bertz CT molecular complexity index is 1170. The second-order valence-electron chi connectivity index (χ2n) is 11.5. The largest absolute Gasteiger partial charge is 0.356 e. The second kappa shape index (κ2) is 13.1. The molecule has 4 N–H and O–H groups in total. The number of nitrogens with zero attached hydrogens (tertiary/aromatic N) is 1. The average Bonchev–Trinajstić information content (AvgIpc) is 3.59. The first-order valence-electron chi connectivity index (χ1n) is 13.3. The topological polar surface area (TPSA) is 157 Å². The second-order valence-corrected chi connectivity index (χ2v) is 11.9. The van der Waals surface area contributed by atoms with Crippen LogP contribution in [0.2, 0.25) is 5.02 Å². The summed E-state index contributed by atoms with van der Waals surface area (Å²) >= 11 is 6.22. The van der Waals surface area contributed by atoms with Gasteiger partial charge in [0.25, 0.3) is 5.91 Å². The summed E-state index contributed by atoms with van der Waals surface area (Å²) in [5.41, 5.74) is 0.768. The minimum atomic E-state index is -1.19. The van der Waals surface area contributed by atoms with Crippen LogP contribution in [0.15, 0.2) is 18.2 Å². The maximum Gasteiger partial charge on any atom is 0.289 e. The van der Waals surface area contributed by atoms with Crippen LogP contribution in [0.3, 0.4) is 0 Å². The van der Waals surface area contributed by atoms with Gasteiger partial charge >= 0.3 is 0 Å². The Morgan fingerprint density at radius 2 is 1.85 bits per heavy atom. The lowest BCUT2D eigenvalue weighted by Crippen LogP contribution is -2.55. The summed E-state index contributed by atoms with van der Waals surface area (Å²) in [6, 6.07) is 4.66. The normalized spacial score (nSPS) is 18.3. The van der Waals surface area contributed by atoms with E-state index in [1.165, 1.54) is 6.07 Å². The first kappa shape index (κ1) is 30.1. The van der Waals surface area contributed by atoms with Gasteiger partial charge in [0.05, 0.1) is 17.7 Å². The zero-order valence-electron chi connectivity index (χ0n) is 22.6. The van der Waals surface area contributed by atoms with Gasteiger partial charge < -0.3 is 21.3 Å². The number of hydrogen-bond donors (Lipinski definition) is 4. The minimum Gasteiger partial charge on any atom is -0.356 e. The minimum absolute atomic E-state index is 0.00185. The Hall–Kier alpha value is -3.45. The van der Waals surface area contributed by atoms with E-state index in [1.807, 2.05) is 26.8 Å². The molecule has 0 spiro atoms. The van der Waals surface area contributed by atoms with E-state index in [1.54, 1.807) is 12.1 Å². The lowest BCUT2D eigenvalue weighted by molar-refractivity contribution is -0.141. The smallest absolute Gasteiger partial charge is 0.289 e. The number of rotatable bonds is 12. The zero-order chi connectivity index (χ0) is 28.7. The molecule has 10 nitrogen and oxygen atoms in total. The number of hydrogen-bond acceptors (Lipinski definition) is 6. The maximum absolute atomic E-state index is 13.4. The molecule has 1 heterocycles. The van der Waals surface area contributed by atoms with Crippen LogP contribution in [-0.2, 0) is 30.4 Å². The Morgan fingerprint density at radius 3 is 2.41 bits per heavy atom. The molecule has 39 heavy (non-hydrogen) atoms. The van der Waals surface area contributed by atoms with E-state index < -0.39 is 35.6 Å². The van der Waals surface area contributed by atoms with Gasteiger partial charge in [-0.2, -0.15) is 5.26 Å². The molecular weight excluding hydrogens is 522 g/mol. The number of carbonyl (C=O) groups is 5. The van der Waals surface area contributed by atoms with Crippen LogP contribution in [0.4, 0.5) is 0 Å². The Morgan fingerprint density at radius 1 is 1.13 bits per heavy atom. The molecule has 2 fully saturated rings. The van der Waals surface area contributed by atoms with E-state index in [-0.39, 0.29) is 42.5 Å². The van der Waals surface area contributed by atoms with Crippen molar-refractivity contribution < 1.29 is 24.0 Å². The predicted molar refractivity (Wildman–Crippen MR) is 144 cm³/mol. The van der Waals surface area contributed by atoms with E-state index in [0.717, 1.165) is 12.8 Å². The number of nitrogens with one attached hydrogen (secondary N) is 4. The lowest BCUT2D eigenvalue weighted by Gasteiger charge is -2.28. The summed E-state index contributed by atoms with van der Waals surface area (Å²) < 4.78 is 0. The van der Waals surface area contributed by atoms with Crippen LogP contribution in [0.25, 0.3) is 0 Å². The lowest BCUT2D eigenvalue weighted by atomic mass is 9.87. The number of Topliss-reactive ketones (excluding diaryl/α,β-unsaturated/α-hetero) is 1. The molecule has 1 aromatic carbocycles. The number of amides is 4. The van der Waals surface area contributed by atoms with Crippen LogP contribution in [0, 0.1) is 22.7 Å². The van der Waals surface area contributed by atoms with Crippen molar-refractivity contribution in [3.05, 3.63) is 34.3 Å². The van der Waals surface area contributed by atoms with Gasteiger partial charge in [-0.05, 0) is 61.6 Å². The fourth-order valence-corrected chi connectivity index (χ4v) is 4.73. The molecule has 1 aliphatic carbocycles. The number of nitriles is 1. The molecule has 1 saturated heterocycles. The van der Waals surface area contributed by atoms with Crippen LogP contribution in [-0.4, -0.2) is 54.1 Å². The molecule has 11 heteroatoms. The molecule has 3 rings (SSSR count). The first-order valence-corrected chi connectivity index (χ1v) is 13.6. The Labute approximate surface area is 233 Å². The Kier molecular flexibility index (Phi) is 10.1. The van der Waals surface area contributed by atoms with Crippen LogP contribution in [0.1, 0.15) is 70.4 Å². The molecule has 3 atom stereocenters. The van der Waals surface area contributed by atoms with E-state index in [9.17, 15) is 24.0 Å². The summed E-state index contributed by atoms with van der Waals surface area (Å²) in [6.45, 7) is 6.23. The quantitative estimate of drug-likeness (QED) is 0.287. The molecule has 2 aliphatic rings. The first-order chi connectivity index (χ1) is 18.4. The van der Waals surface area contributed by atoms with Crippen molar-refractivity contribution in [2.75, 3.05) is 6.54 Å². The molecule has 4 amide bonds. The molecule has 1 aromatic rings. The van der Waals surface area contributed by atoms with Crippen molar-refractivity contribution in [3.63, 3.8) is 0 Å². The van der Waals surface area contributed by atoms with Gasteiger partial charge in [0, 0.05) is 29.9 Å². The summed E-state index contributed by atoms with van der Waals surface area (Å²) in [4.78, 5) is 64.0. The van der Waals surface area contributed by atoms with Crippen LogP contribution in [0.5, 0.6) is 0 Å². The summed E-state index contributed by atoms with van der Waals surface area (Å²) in [7, 11) is 0. The zero-order valence-corrected chi connectivity index (χ0v) is 23.3. The maximum atomic E-state index is 13.4. The highest BCUT2D eigenvalue weighted by atomic mass is 35.5. The fourth-order valence-electron chi connectivity index (χ4n) is 4.46. The highest BCUT2D eigenvalue weighted by Gasteiger charge is 2.37. The standard InChI is InChI=1S/C28H36ClN5O5/c1-28(2,3)14-22(33-23(35)9-6-17-5-4-16(15-30)12-20(17)29)26(38)34-21(13-18-10-11-31-25(18)37)24(36)27(39)32-19-7-8-19/h4-5,12,18-19,21-22H,6-11,13-14H2,1-3H3,(H,31,37)(H,32,39)(H,33,35)(H,34,38)/t18-,21?,22-/m0/s1. The van der Waals surface area contributed by atoms with Gasteiger partial charge in [0.1, 0.15) is 6.04 Å². The van der Waals surface area contributed by atoms with Crippen molar-refractivity contribution >= 4 is 41.0 Å². The van der Waals surface area contributed by atoms with Crippen molar-refractivity contribution in [1.82, 2.24) is 21.3 Å². The monoisotopic (exact) mass is 557 g/mol. The molecule has 0 radical (unpaired) electrons. The number of ketones is 1. The highest BCUT2D eigenvalue weighted by Crippen LogP contribution is 2.23. The molecule has 1 saturated carbocycles. The summed E-state index contributed by atoms with van der Waals surface area (Å²) in [5, 5.41) is 20.2.